The van der Waals surface area contributed by atoms with Gasteiger partial charge in [0, 0.05) is 13.0 Å². The molecule has 1 rings (SSSR count). The number of rotatable bonds is 12. The van der Waals surface area contributed by atoms with E-state index >= 15 is 0 Å². The molecule has 1 saturated heterocycles. The minimum atomic E-state index is -2.10. The van der Waals surface area contributed by atoms with Crippen LogP contribution in [0.15, 0.2) is 0 Å². The highest BCUT2D eigenvalue weighted by Gasteiger charge is 2.52. The largest absolute Gasteiger partial charge is 0.394 e. The summed E-state index contributed by atoms with van der Waals surface area (Å²) in [5.41, 5.74) is 10.8. The van der Waals surface area contributed by atoms with E-state index < -0.39 is 60.7 Å². The highest BCUT2D eigenvalue weighted by Crippen LogP contribution is 2.30. The number of hydrogen-bond acceptors (Lipinski definition) is 10. The lowest BCUT2D eigenvalue weighted by Gasteiger charge is -2.45. The lowest BCUT2D eigenvalue weighted by atomic mass is 9.91. The Morgan fingerprint density at radius 3 is 2.41 bits per heavy atom. The molecule has 12 nitrogen and oxygen atoms in total. The van der Waals surface area contributed by atoms with Crippen molar-refractivity contribution >= 4 is 11.8 Å². The summed E-state index contributed by atoms with van der Waals surface area (Å²) < 4.78 is 5.16. The molecule has 170 valence electrons. The molecule has 0 radical (unpaired) electrons. The van der Waals surface area contributed by atoms with Crippen molar-refractivity contribution in [1.29, 1.82) is 0 Å². The van der Waals surface area contributed by atoms with Crippen molar-refractivity contribution in [3.63, 3.8) is 0 Å². The number of nitrogens with two attached hydrogens (primary N) is 2. The number of carbonyl (C=O) groups excluding carboxylic acids is 2. The fraction of sp³-hybridized carbons (Fsp3) is 0.882. The van der Waals surface area contributed by atoms with Gasteiger partial charge >= 0.3 is 0 Å². The maximum absolute atomic E-state index is 11.8. The Morgan fingerprint density at radius 1 is 1.17 bits per heavy atom. The molecule has 0 spiro atoms. The third-order valence-electron chi connectivity index (χ3n) is 4.95. The first-order chi connectivity index (χ1) is 13.5. The van der Waals surface area contributed by atoms with E-state index in [-0.39, 0.29) is 13.0 Å². The van der Waals surface area contributed by atoms with E-state index in [0.717, 1.165) is 0 Å². The van der Waals surface area contributed by atoms with E-state index in [4.69, 9.17) is 21.3 Å². The first kappa shape index (κ1) is 25.7. The van der Waals surface area contributed by atoms with Crippen LogP contribution in [0.2, 0.25) is 0 Å². The summed E-state index contributed by atoms with van der Waals surface area (Å²) in [5, 5.41) is 54.4. The molecule has 7 atom stereocenters. The fourth-order valence-corrected chi connectivity index (χ4v) is 2.96. The summed E-state index contributed by atoms with van der Waals surface area (Å²) in [4.78, 5) is 22.7. The monoisotopic (exact) mass is 422 g/mol. The molecule has 0 aromatic rings. The van der Waals surface area contributed by atoms with Gasteiger partial charge in [0.05, 0.1) is 12.6 Å². The van der Waals surface area contributed by atoms with Crippen LogP contribution in [0.3, 0.4) is 0 Å². The van der Waals surface area contributed by atoms with Gasteiger partial charge in [-0.25, -0.2) is 0 Å². The molecule has 0 aliphatic carbocycles. The van der Waals surface area contributed by atoms with E-state index in [0.29, 0.717) is 25.8 Å². The maximum atomic E-state index is 11.8. The van der Waals surface area contributed by atoms with Gasteiger partial charge in [-0.05, 0) is 26.3 Å². The molecule has 0 saturated carbocycles. The lowest BCUT2D eigenvalue weighted by molar-refractivity contribution is -0.350. The van der Waals surface area contributed by atoms with Gasteiger partial charge in [0.15, 0.2) is 5.79 Å². The number of primary amides is 1. The van der Waals surface area contributed by atoms with Crippen molar-refractivity contribution in [2.75, 3.05) is 19.7 Å². The Kier molecular flexibility index (Phi) is 10.4. The number of nitrogens with one attached hydrogen (secondary N) is 2. The average molecular weight is 422 g/mol. The summed E-state index contributed by atoms with van der Waals surface area (Å²) in [5.74, 6) is -3.19. The Hall–Kier alpha value is -1.38. The molecule has 1 heterocycles. The third-order valence-corrected chi connectivity index (χ3v) is 4.95. The molecule has 7 unspecified atom stereocenters. The number of hydrogen-bond donors (Lipinski definition) is 9. The Balaban J connectivity index is 2.25. The quantitative estimate of drug-likeness (QED) is 0.137. The van der Waals surface area contributed by atoms with E-state index in [2.05, 4.69) is 10.6 Å². The second-order valence-electron chi connectivity index (χ2n) is 7.34. The molecule has 2 amide bonds. The van der Waals surface area contributed by atoms with Gasteiger partial charge in [-0.2, -0.15) is 0 Å². The molecule has 29 heavy (non-hydrogen) atoms. The topological polar surface area (TPSA) is 221 Å². The predicted octanol–water partition coefficient (Wildman–Crippen LogP) is -4.38. The minimum Gasteiger partial charge on any atom is -0.394 e. The summed E-state index contributed by atoms with van der Waals surface area (Å²) in [6, 6.07) is -1.55. The molecule has 0 aromatic heterocycles. The number of carbonyl (C=O) groups is 2. The first-order valence-corrected chi connectivity index (χ1v) is 9.64. The predicted molar refractivity (Wildman–Crippen MR) is 101 cm³/mol. The smallest absolute Gasteiger partial charge is 0.239 e. The van der Waals surface area contributed by atoms with Crippen LogP contribution in [0.5, 0.6) is 0 Å². The molecule has 11 N–H and O–H groups in total. The van der Waals surface area contributed by atoms with Crippen LogP contribution in [0.25, 0.3) is 0 Å². The van der Waals surface area contributed by atoms with E-state index in [1.165, 1.54) is 6.92 Å². The molecule has 0 aromatic carbocycles. The SMILES string of the molecule is CC(NC(=O)C(N)CCCCNCCC1(O)OC(CO)C(O)C(O)C1O)C(N)=O. The molecule has 1 aliphatic heterocycles. The lowest BCUT2D eigenvalue weighted by Crippen LogP contribution is -2.65. The molecule has 0 bridgehead atoms. The van der Waals surface area contributed by atoms with Crippen LogP contribution < -0.4 is 22.1 Å². The van der Waals surface area contributed by atoms with Gasteiger partial charge < -0.3 is 52.4 Å². The Morgan fingerprint density at radius 2 is 1.83 bits per heavy atom. The molecular formula is C17H34N4O8. The summed E-state index contributed by atoms with van der Waals surface area (Å²) in [7, 11) is 0. The van der Waals surface area contributed by atoms with Crippen LogP contribution in [-0.2, 0) is 14.3 Å². The highest BCUT2D eigenvalue weighted by molar-refractivity contribution is 5.88. The van der Waals surface area contributed by atoms with Crippen molar-refractivity contribution < 1.29 is 39.9 Å². The molecule has 1 aliphatic rings. The van der Waals surface area contributed by atoms with Crippen molar-refractivity contribution in [3.8, 4) is 0 Å². The zero-order valence-electron chi connectivity index (χ0n) is 16.5. The summed E-state index contributed by atoms with van der Waals surface area (Å²) in [6.45, 7) is 1.62. The van der Waals surface area contributed by atoms with Crippen LogP contribution in [0.1, 0.15) is 32.6 Å². The number of unbranched alkanes of at least 4 members (excludes halogenated alkanes) is 1. The number of aliphatic hydroxyl groups excluding tert-OH is 4. The Bertz CT molecular complexity index is 538. The zero-order valence-corrected chi connectivity index (χ0v) is 16.5. The van der Waals surface area contributed by atoms with Crippen LogP contribution in [0.4, 0.5) is 0 Å². The second-order valence-corrected chi connectivity index (χ2v) is 7.34. The average Bonchev–Trinajstić information content (AvgIpc) is 2.68. The van der Waals surface area contributed by atoms with Gasteiger partial charge in [0.2, 0.25) is 11.8 Å². The van der Waals surface area contributed by atoms with Crippen molar-refractivity contribution in [3.05, 3.63) is 0 Å². The van der Waals surface area contributed by atoms with E-state index in [9.17, 15) is 30.0 Å². The molecule has 12 heteroatoms. The Labute approximate surface area is 169 Å². The van der Waals surface area contributed by atoms with Crippen LogP contribution in [0, 0.1) is 0 Å². The van der Waals surface area contributed by atoms with Gasteiger partial charge in [-0.1, -0.05) is 6.42 Å². The normalized spacial score (nSPS) is 31.8. The van der Waals surface area contributed by atoms with Crippen LogP contribution >= 0.6 is 0 Å². The van der Waals surface area contributed by atoms with Gasteiger partial charge in [0.1, 0.15) is 30.5 Å². The van der Waals surface area contributed by atoms with Crippen LogP contribution in [-0.4, -0.2) is 99.3 Å². The van der Waals surface area contributed by atoms with Gasteiger partial charge in [-0.3, -0.25) is 9.59 Å². The van der Waals surface area contributed by atoms with Crippen molar-refractivity contribution in [2.24, 2.45) is 11.5 Å². The fourth-order valence-electron chi connectivity index (χ4n) is 2.96. The van der Waals surface area contributed by atoms with Crippen molar-refractivity contribution in [2.45, 2.75) is 74.9 Å². The first-order valence-electron chi connectivity index (χ1n) is 9.64. The zero-order chi connectivity index (χ0) is 22.2. The van der Waals surface area contributed by atoms with Gasteiger partial charge in [0.25, 0.3) is 0 Å². The number of amides is 2. The summed E-state index contributed by atoms with van der Waals surface area (Å²) in [6.07, 6.45) is -4.44. The standard InChI is InChI=1S/C17H34N4O8/c1-9(15(19)26)21-16(27)10(18)4-2-3-6-20-7-5-17(28)14(25)13(24)12(23)11(8-22)29-17/h9-14,20,22-25,28H,2-8,18H2,1H3,(H2,19,26)(H,21,27). The second kappa shape index (κ2) is 11.7. The molecule has 1 fully saturated rings. The summed E-state index contributed by atoms with van der Waals surface area (Å²) >= 11 is 0. The number of ether oxygens (including phenoxy) is 1. The highest BCUT2D eigenvalue weighted by atomic mass is 16.7. The van der Waals surface area contributed by atoms with E-state index in [1.807, 2.05) is 0 Å². The van der Waals surface area contributed by atoms with Crippen molar-refractivity contribution in [1.82, 2.24) is 10.6 Å². The third kappa shape index (κ3) is 7.42. The van der Waals surface area contributed by atoms with E-state index in [1.54, 1.807) is 0 Å². The molecular weight excluding hydrogens is 388 g/mol. The number of aliphatic hydroxyl groups is 5. The minimum absolute atomic E-state index is 0.0820. The van der Waals surface area contributed by atoms with Gasteiger partial charge in [-0.15, -0.1) is 0 Å². The maximum Gasteiger partial charge on any atom is 0.239 e.